The fraction of sp³-hybridized carbons (Fsp3) is 0.786. The number of Topliss-reactive ketones (excluding diaryl/α,β-unsaturated/α-hetero) is 1. The van der Waals surface area contributed by atoms with Gasteiger partial charge in [0.2, 0.25) is 9.70 Å². The summed E-state index contributed by atoms with van der Waals surface area (Å²) < 4.78 is 2.99. The molecule has 3 fully saturated rings. The second-order valence-electron chi connectivity index (χ2n) is 6.88. The van der Waals surface area contributed by atoms with Gasteiger partial charge >= 0.3 is 6.09 Å². The summed E-state index contributed by atoms with van der Waals surface area (Å²) in [5.41, 5.74) is -3.08. The summed E-state index contributed by atoms with van der Waals surface area (Å²) in [4.78, 5) is 38.6. The van der Waals surface area contributed by atoms with Gasteiger partial charge in [-0.2, -0.15) is 0 Å². The van der Waals surface area contributed by atoms with Gasteiger partial charge in [0.25, 0.3) is 0 Å². The second-order valence-corrected chi connectivity index (χ2v) is 9.70. The first kappa shape index (κ1) is 17.6. The van der Waals surface area contributed by atoms with Crippen molar-refractivity contribution in [3.05, 3.63) is 0 Å². The highest BCUT2D eigenvalue weighted by molar-refractivity contribution is 6.68. The van der Waals surface area contributed by atoms with Gasteiger partial charge in [0, 0.05) is 6.42 Å². The van der Waals surface area contributed by atoms with Crippen molar-refractivity contribution in [2.45, 2.75) is 48.5 Å². The van der Waals surface area contributed by atoms with E-state index in [0.717, 1.165) is 11.3 Å². The number of alkyl halides is 4. The van der Waals surface area contributed by atoms with E-state index in [1.54, 1.807) is 0 Å². The lowest BCUT2D eigenvalue weighted by Crippen LogP contribution is -2.54. The Balaban J connectivity index is 1.98. The van der Waals surface area contributed by atoms with Crippen LogP contribution >= 0.6 is 46.4 Å². The highest BCUT2D eigenvalue weighted by atomic mass is 35.6. The van der Waals surface area contributed by atoms with Crippen molar-refractivity contribution < 1.29 is 19.1 Å². The highest BCUT2D eigenvalue weighted by Crippen LogP contribution is 2.65. The molecule has 1 aliphatic heterocycles. The van der Waals surface area contributed by atoms with Gasteiger partial charge in [-0.25, -0.2) is 9.69 Å². The Morgan fingerprint density at radius 3 is 2.30 bits per heavy atom. The first-order chi connectivity index (χ1) is 10.4. The normalized spacial score (nSPS) is 39.0. The molecule has 4 atom stereocenters. The molecule has 0 radical (unpaired) electrons. The van der Waals surface area contributed by atoms with Crippen molar-refractivity contribution in [3.63, 3.8) is 0 Å². The van der Waals surface area contributed by atoms with Crippen LogP contribution in [0.15, 0.2) is 0 Å². The van der Waals surface area contributed by atoms with Crippen LogP contribution in [-0.2, 0) is 14.3 Å². The molecule has 1 heterocycles. The number of nitrogens with zero attached hydrogens (tertiary/aromatic N) is 1. The molecular formula is C14H15Cl4NO4. The molecule has 9 heteroatoms. The van der Waals surface area contributed by atoms with Gasteiger partial charge < -0.3 is 4.74 Å². The SMILES string of the molecule is CC1(C)[C@@H]2CC[C@@]1(C(=O)N1C(=O)O[C@H](C(Cl)(Cl)Cl)[C@H]1Cl)C(=O)C2. The second kappa shape index (κ2) is 5.13. The zero-order valence-corrected chi connectivity index (χ0v) is 15.5. The molecule has 1 saturated heterocycles. The summed E-state index contributed by atoms with van der Waals surface area (Å²) in [6.07, 6.45) is -0.788. The quantitative estimate of drug-likeness (QED) is 0.381. The van der Waals surface area contributed by atoms with Crippen molar-refractivity contribution in [3.8, 4) is 0 Å². The van der Waals surface area contributed by atoms with E-state index in [-0.39, 0.29) is 11.7 Å². The summed E-state index contributed by atoms with van der Waals surface area (Å²) >= 11 is 23.4. The minimum atomic E-state index is -1.97. The molecule has 0 unspecified atom stereocenters. The van der Waals surface area contributed by atoms with E-state index in [1.807, 2.05) is 13.8 Å². The molecule has 5 nitrogen and oxygen atoms in total. The molecule has 0 aromatic carbocycles. The number of cyclic esters (lactones) is 1. The van der Waals surface area contributed by atoms with E-state index in [1.165, 1.54) is 0 Å². The van der Waals surface area contributed by atoms with Crippen molar-refractivity contribution in [1.29, 1.82) is 0 Å². The lowest BCUT2D eigenvalue weighted by molar-refractivity contribution is -0.150. The van der Waals surface area contributed by atoms with Crippen LogP contribution in [0.3, 0.4) is 0 Å². The number of carbonyl (C=O) groups excluding carboxylic acids is 3. The Morgan fingerprint density at radius 1 is 1.30 bits per heavy atom. The van der Waals surface area contributed by atoms with Crippen LogP contribution in [-0.4, -0.2) is 38.1 Å². The van der Waals surface area contributed by atoms with Crippen LogP contribution in [0, 0.1) is 16.7 Å². The van der Waals surface area contributed by atoms with E-state index >= 15 is 0 Å². The van der Waals surface area contributed by atoms with Crippen LogP contribution in [0.4, 0.5) is 4.79 Å². The van der Waals surface area contributed by atoms with Gasteiger partial charge in [-0.15, -0.1) is 0 Å². The van der Waals surface area contributed by atoms with Crippen molar-refractivity contribution in [2.75, 3.05) is 0 Å². The fourth-order valence-electron chi connectivity index (χ4n) is 4.26. The number of carbonyl (C=O) groups is 3. The maximum absolute atomic E-state index is 13.1. The predicted octanol–water partition coefficient (Wildman–Crippen LogP) is 3.66. The zero-order chi connectivity index (χ0) is 17.4. The lowest BCUT2D eigenvalue weighted by atomic mass is 9.68. The number of hydrogen-bond acceptors (Lipinski definition) is 4. The minimum Gasteiger partial charge on any atom is -0.438 e. The van der Waals surface area contributed by atoms with E-state index in [4.69, 9.17) is 51.1 Å². The van der Waals surface area contributed by atoms with Crippen LogP contribution in [0.5, 0.6) is 0 Å². The highest BCUT2D eigenvalue weighted by Gasteiger charge is 2.71. The molecule has 3 aliphatic rings. The molecule has 2 saturated carbocycles. The van der Waals surface area contributed by atoms with Crippen molar-refractivity contribution >= 4 is 64.2 Å². The third-order valence-electron chi connectivity index (χ3n) is 5.72. The Kier molecular flexibility index (Phi) is 3.93. The zero-order valence-electron chi connectivity index (χ0n) is 12.4. The maximum Gasteiger partial charge on any atom is 0.418 e. The van der Waals surface area contributed by atoms with E-state index in [0.29, 0.717) is 12.8 Å². The third kappa shape index (κ3) is 2.16. The predicted molar refractivity (Wildman–Crippen MR) is 85.6 cm³/mol. The van der Waals surface area contributed by atoms with Gasteiger partial charge in [0.05, 0.1) is 0 Å². The number of fused-ring (bicyclic) bond motifs is 2. The minimum absolute atomic E-state index is 0.121. The average Bonchev–Trinajstić information content (AvgIpc) is 2.92. The number of amides is 2. The van der Waals surface area contributed by atoms with Crippen LogP contribution in [0.2, 0.25) is 0 Å². The van der Waals surface area contributed by atoms with Gasteiger partial charge in [-0.05, 0) is 24.2 Å². The van der Waals surface area contributed by atoms with E-state index < -0.39 is 38.2 Å². The molecule has 2 aliphatic carbocycles. The topological polar surface area (TPSA) is 63.7 Å². The molecule has 0 aromatic rings. The summed E-state index contributed by atoms with van der Waals surface area (Å²) in [5.74, 6) is -0.678. The Morgan fingerprint density at radius 2 is 1.91 bits per heavy atom. The van der Waals surface area contributed by atoms with E-state index in [9.17, 15) is 14.4 Å². The largest absolute Gasteiger partial charge is 0.438 e. The molecule has 23 heavy (non-hydrogen) atoms. The monoisotopic (exact) mass is 401 g/mol. The number of halogens is 4. The molecule has 0 spiro atoms. The maximum atomic E-state index is 13.1. The first-order valence-corrected chi connectivity index (χ1v) is 8.80. The molecule has 128 valence electrons. The molecule has 2 amide bonds. The third-order valence-corrected chi connectivity index (χ3v) is 6.79. The van der Waals surface area contributed by atoms with Crippen molar-refractivity contribution in [2.24, 2.45) is 16.7 Å². The lowest BCUT2D eigenvalue weighted by Gasteiger charge is -2.37. The molecule has 2 bridgehead atoms. The fourth-order valence-corrected chi connectivity index (χ4v) is 5.35. The summed E-state index contributed by atoms with van der Waals surface area (Å²) in [6, 6.07) is 0. The van der Waals surface area contributed by atoms with Gasteiger partial charge in [0.1, 0.15) is 11.2 Å². The van der Waals surface area contributed by atoms with E-state index in [2.05, 4.69) is 0 Å². The van der Waals surface area contributed by atoms with Crippen molar-refractivity contribution in [1.82, 2.24) is 4.90 Å². The number of imide groups is 1. The number of rotatable bonds is 1. The number of hydrogen-bond donors (Lipinski definition) is 0. The summed E-state index contributed by atoms with van der Waals surface area (Å²) in [7, 11) is 0. The van der Waals surface area contributed by atoms with Crippen LogP contribution in [0.25, 0.3) is 0 Å². The molecule has 3 rings (SSSR count). The standard InChI is InChI=1S/C14H15Cl4NO4/c1-12(2)6-3-4-13(12,7(20)5-6)10(21)19-9(15)8(14(16,17)18)23-11(19)22/h6,8-9H,3-5H2,1-2H3/t6-,8+,9+,13+/m1/s1. The van der Waals surface area contributed by atoms with Gasteiger partial charge in [-0.1, -0.05) is 60.3 Å². The smallest absolute Gasteiger partial charge is 0.418 e. The molecule has 0 aromatic heterocycles. The number of ether oxygens (including phenoxy) is 1. The summed E-state index contributed by atoms with van der Waals surface area (Å²) in [5, 5.41) is 0. The van der Waals surface area contributed by atoms with Gasteiger partial charge in [0.15, 0.2) is 11.6 Å². The van der Waals surface area contributed by atoms with Crippen LogP contribution < -0.4 is 0 Å². The van der Waals surface area contributed by atoms with Gasteiger partial charge in [-0.3, -0.25) is 9.59 Å². The Labute approximate surface area is 153 Å². The van der Waals surface area contributed by atoms with Crippen LogP contribution in [0.1, 0.15) is 33.1 Å². The first-order valence-electron chi connectivity index (χ1n) is 7.23. The molecule has 0 N–H and O–H groups in total. The Hall–Kier alpha value is -0.230. The Bertz CT molecular complexity index is 602. The number of ketones is 1. The summed E-state index contributed by atoms with van der Waals surface area (Å²) in [6.45, 7) is 3.76. The molecular weight excluding hydrogens is 388 g/mol. The average molecular weight is 403 g/mol.